The molecule has 1 aromatic heterocycles. The van der Waals surface area contributed by atoms with Crippen molar-refractivity contribution in [2.24, 2.45) is 7.05 Å². The van der Waals surface area contributed by atoms with Gasteiger partial charge >= 0.3 is 0 Å². The summed E-state index contributed by atoms with van der Waals surface area (Å²) < 4.78 is 28.1. The topological polar surface area (TPSA) is 34.0 Å². The summed E-state index contributed by atoms with van der Waals surface area (Å²) in [6, 6.07) is 10.7. The van der Waals surface area contributed by atoms with Crippen molar-refractivity contribution in [2.75, 3.05) is 11.9 Å². The first kappa shape index (κ1) is 17.9. The highest BCUT2D eigenvalue weighted by Crippen LogP contribution is 2.27. The standard InChI is InChI=1S/C17H16F2N4.ClH/c1-11-10-13(19)6-9-15(11)16-20-21-17(23(16)3)22(2)14-7-4-12(18)5-8-14;/h4-10H,1-3H3;1H. The molecule has 0 atom stereocenters. The highest BCUT2D eigenvalue weighted by Gasteiger charge is 2.16. The number of anilines is 2. The van der Waals surface area contributed by atoms with Gasteiger partial charge in [-0.25, -0.2) is 8.78 Å². The van der Waals surface area contributed by atoms with Crippen molar-refractivity contribution in [1.29, 1.82) is 0 Å². The highest BCUT2D eigenvalue weighted by atomic mass is 35.5. The smallest absolute Gasteiger partial charge is 0.231 e. The minimum Gasteiger partial charge on any atom is -0.314 e. The third kappa shape index (κ3) is 3.23. The number of rotatable bonds is 3. The van der Waals surface area contributed by atoms with Crippen LogP contribution in [0.5, 0.6) is 0 Å². The van der Waals surface area contributed by atoms with Crippen molar-refractivity contribution in [2.45, 2.75) is 6.92 Å². The fourth-order valence-corrected chi connectivity index (χ4v) is 2.51. The van der Waals surface area contributed by atoms with Crippen LogP contribution < -0.4 is 4.90 Å². The van der Waals surface area contributed by atoms with Gasteiger partial charge in [0.05, 0.1) is 0 Å². The van der Waals surface area contributed by atoms with Crippen LogP contribution >= 0.6 is 12.4 Å². The second-order valence-corrected chi connectivity index (χ2v) is 5.38. The zero-order valence-corrected chi connectivity index (χ0v) is 14.3. The lowest BCUT2D eigenvalue weighted by Gasteiger charge is -2.18. The van der Waals surface area contributed by atoms with E-state index in [4.69, 9.17) is 0 Å². The van der Waals surface area contributed by atoms with Crippen molar-refractivity contribution in [3.05, 3.63) is 59.7 Å². The molecule has 0 aliphatic carbocycles. The first-order valence-electron chi connectivity index (χ1n) is 7.12. The maximum Gasteiger partial charge on any atom is 0.231 e. The van der Waals surface area contributed by atoms with E-state index in [1.165, 1.54) is 24.3 Å². The van der Waals surface area contributed by atoms with Crippen molar-refractivity contribution in [3.8, 4) is 11.4 Å². The lowest BCUT2D eigenvalue weighted by molar-refractivity contribution is 0.626. The molecule has 2 aromatic carbocycles. The van der Waals surface area contributed by atoms with Crippen LogP contribution in [0.25, 0.3) is 11.4 Å². The molecule has 0 aliphatic rings. The van der Waals surface area contributed by atoms with Gasteiger partial charge < -0.3 is 4.90 Å². The number of benzene rings is 2. The maximum absolute atomic E-state index is 13.3. The Bertz CT molecular complexity index is 846. The van der Waals surface area contributed by atoms with Crippen LogP contribution in [0, 0.1) is 18.6 Å². The van der Waals surface area contributed by atoms with Crippen LogP contribution in [0.2, 0.25) is 0 Å². The summed E-state index contributed by atoms with van der Waals surface area (Å²) in [6.45, 7) is 1.83. The quantitative estimate of drug-likeness (QED) is 0.707. The predicted octanol–water partition coefficient (Wildman–Crippen LogP) is 4.26. The summed E-state index contributed by atoms with van der Waals surface area (Å²) in [5, 5.41) is 8.42. The van der Waals surface area contributed by atoms with E-state index in [0.29, 0.717) is 11.8 Å². The Hall–Kier alpha value is -2.47. The molecule has 0 amide bonds. The van der Waals surface area contributed by atoms with Crippen molar-refractivity contribution in [3.63, 3.8) is 0 Å². The minimum atomic E-state index is -0.289. The van der Waals surface area contributed by atoms with Gasteiger partial charge in [0.25, 0.3) is 0 Å². The highest BCUT2D eigenvalue weighted by molar-refractivity contribution is 5.85. The zero-order chi connectivity index (χ0) is 16.6. The molecule has 0 spiro atoms. The maximum atomic E-state index is 13.3. The molecule has 0 aliphatic heterocycles. The van der Waals surface area contributed by atoms with E-state index in [1.807, 2.05) is 30.5 Å². The Morgan fingerprint density at radius 2 is 1.58 bits per heavy atom. The first-order chi connectivity index (χ1) is 11.0. The number of nitrogens with zero attached hydrogens (tertiary/aromatic N) is 4. The van der Waals surface area contributed by atoms with Gasteiger partial charge in [0.1, 0.15) is 11.6 Å². The molecule has 1 heterocycles. The number of aryl methyl sites for hydroxylation is 1. The SMILES string of the molecule is Cc1cc(F)ccc1-c1nnc(N(C)c2ccc(F)cc2)n1C.Cl. The summed E-state index contributed by atoms with van der Waals surface area (Å²) >= 11 is 0. The van der Waals surface area contributed by atoms with Gasteiger partial charge in [0, 0.05) is 25.3 Å². The van der Waals surface area contributed by atoms with Gasteiger partial charge in [-0.1, -0.05) is 0 Å². The summed E-state index contributed by atoms with van der Waals surface area (Å²) in [4.78, 5) is 1.81. The molecule has 3 rings (SSSR count). The van der Waals surface area contributed by atoms with Crippen LogP contribution in [-0.2, 0) is 7.05 Å². The molecule has 0 N–H and O–H groups in total. The molecule has 3 aromatic rings. The fraction of sp³-hybridized carbons (Fsp3) is 0.176. The number of hydrogen-bond donors (Lipinski definition) is 0. The molecule has 0 fully saturated rings. The van der Waals surface area contributed by atoms with Gasteiger partial charge in [-0.05, 0) is 55.0 Å². The molecule has 126 valence electrons. The van der Waals surface area contributed by atoms with E-state index in [-0.39, 0.29) is 24.0 Å². The molecule has 0 bridgehead atoms. The molecule has 0 saturated heterocycles. The van der Waals surface area contributed by atoms with E-state index in [0.717, 1.165) is 16.8 Å². The Balaban J connectivity index is 0.00000208. The average molecular weight is 351 g/mol. The predicted molar refractivity (Wildman–Crippen MR) is 92.8 cm³/mol. The normalized spacial score (nSPS) is 10.4. The molecule has 7 heteroatoms. The Morgan fingerprint density at radius 1 is 0.958 bits per heavy atom. The van der Waals surface area contributed by atoms with E-state index < -0.39 is 0 Å². The number of hydrogen-bond acceptors (Lipinski definition) is 3. The largest absolute Gasteiger partial charge is 0.314 e. The van der Waals surface area contributed by atoms with Crippen LogP contribution in [0.1, 0.15) is 5.56 Å². The van der Waals surface area contributed by atoms with Gasteiger partial charge in [0.2, 0.25) is 5.95 Å². The minimum absolute atomic E-state index is 0. The number of aromatic nitrogens is 3. The molecule has 0 unspecified atom stereocenters. The average Bonchev–Trinajstić information content (AvgIpc) is 2.89. The molecule has 0 radical (unpaired) electrons. The Morgan fingerprint density at radius 3 is 2.21 bits per heavy atom. The molecule has 4 nitrogen and oxygen atoms in total. The van der Waals surface area contributed by atoms with E-state index in [9.17, 15) is 8.78 Å². The number of halogens is 3. The van der Waals surface area contributed by atoms with Crippen LogP contribution in [0.4, 0.5) is 20.4 Å². The summed E-state index contributed by atoms with van der Waals surface area (Å²) in [5.41, 5.74) is 2.40. The van der Waals surface area contributed by atoms with Gasteiger partial charge in [-0.15, -0.1) is 22.6 Å². The first-order valence-corrected chi connectivity index (χ1v) is 7.12. The van der Waals surface area contributed by atoms with E-state index in [2.05, 4.69) is 10.2 Å². The van der Waals surface area contributed by atoms with E-state index in [1.54, 1.807) is 18.2 Å². The third-order valence-electron chi connectivity index (χ3n) is 3.80. The lowest BCUT2D eigenvalue weighted by atomic mass is 10.1. The molecular weight excluding hydrogens is 334 g/mol. The van der Waals surface area contributed by atoms with Crippen molar-refractivity contribution >= 4 is 24.0 Å². The monoisotopic (exact) mass is 350 g/mol. The van der Waals surface area contributed by atoms with Crippen LogP contribution in [0.15, 0.2) is 42.5 Å². The molecule has 0 saturated carbocycles. The zero-order valence-electron chi connectivity index (χ0n) is 13.5. The van der Waals surface area contributed by atoms with E-state index >= 15 is 0 Å². The summed E-state index contributed by atoms with van der Waals surface area (Å²) in [6.07, 6.45) is 0. The lowest BCUT2D eigenvalue weighted by Crippen LogP contribution is -2.14. The van der Waals surface area contributed by atoms with Gasteiger partial charge in [0.15, 0.2) is 5.82 Å². The Labute approximate surface area is 145 Å². The van der Waals surface area contributed by atoms with Crippen LogP contribution in [-0.4, -0.2) is 21.8 Å². The van der Waals surface area contributed by atoms with Gasteiger partial charge in [-0.3, -0.25) is 4.57 Å². The molecular formula is C17H17ClF2N4. The second-order valence-electron chi connectivity index (χ2n) is 5.38. The second kappa shape index (κ2) is 6.97. The fourth-order valence-electron chi connectivity index (χ4n) is 2.51. The van der Waals surface area contributed by atoms with Gasteiger partial charge in [-0.2, -0.15) is 0 Å². The Kier molecular flexibility index (Phi) is 5.19. The summed E-state index contributed by atoms with van der Waals surface area (Å²) in [7, 11) is 3.67. The van der Waals surface area contributed by atoms with Crippen LogP contribution in [0.3, 0.4) is 0 Å². The third-order valence-corrected chi connectivity index (χ3v) is 3.80. The molecule has 24 heavy (non-hydrogen) atoms. The van der Waals surface area contributed by atoms with Crippen molar-refractivity contribution in [1.82, 2.24) is 14.8 Å². The summed E-state index contributed by atoms with van der Waals surface area (Å²) in [5.74, 6) is 0.682. The van der Waals surface area contributed by atoms with Crippen molar-refractivity contribution < 1.29 is 8.78 Å².